The Morgan fingerprint density at radius 1 is 1.05 bits per heavy atom. The maximum atomic E-state index is 13.6. The van der Waals surface area contributed by atoms with E-state index in [1.807, 2.05) is 13.8 Å². The molecule has 0 saturated heterocycles. The first-order chi connectivity index (χ1) is 20.6. The molecule has 3 rings (SSSR count). The SMILES string of the molecule is CCOC(=O)C=Cc1cc(C)ccc1S(=O)(=O)c1ccc(C[C@@H](C)NC(C(=O)OC(C)(C)C)[C@H](O)c2cccc(Cl)c2)cc1. The molecule has 3 atom stereocenters. The average molecular weight is 642 g/mol. The number of aliphatic hydroxyl groups excluding tert-OH is 1. The van der Waals surface area contributed by atoms with Crippen LogP contribution >= 0.6 is 11.6 Å². The second kappa shape index (κ2) is 15.0. The summed E-state index contributed by atoms with van der Waals surface area (Å²) in [7, 11) is -3.91. The molecule has 0 aliphatic heterocycles. The van der Waals surface area contributed by atoms with Crippen LogP contribution in [-0.4, -0.2) is 49.8 Å². The lowest BCUT2D eigenvalue weighted by atomic mass is 9.99. The molecule has 3 aromatic carbocycles. The fourth-order valence-electron chi connectivity index (χ4n) is 4.58. The van der Waals surface area contributed by atoms with E-state index < -0.39 is 39.5 Å². The van der Waals surface area contributed by atoms with Crippen molar-refractivity contribution >= 4 is 39.5 Å². The lowest BCUT2D eigenvalue weighted by Crippen LogP contribution is -2.49. The monoisotopic (exact) mass is 641 g/mol. The summed E-state index contributed by atoms with van der Waals surface area (Å²) in [5, 5.41) is 14.8. The van der Waals surface area contributed by atoms with Crippen molar-refractivity contribution in [2.24, 2.45) is 0 Å². The number of rotatable bonds is 12. The Morgan fingerprint density at radius 2 is 1.73 bits per heavy atom. The van der Waals surface area contributed by atoms with Gasteiger partial charge in [-0.1, -0.05) is 53.6 Å². The fraction of sp³-hybridized carbons (Fsp3) is 0.353. The molecule has 0 aromatic heterocycles. The van der Waals surface area contributed by atoms with Gasteiger partial charge in [-0.3, -0.25) is 10.1 Å². The number of carbonyl (C=O) groups excluding carboxylic acids is 2. The zero-order valence-electron chi connectivity index (χ0n) is 25.8. The van der Waals surface area contributed by atoms with Crippen molar-refractivity contribution in [1.29, 1.82) is 0 Å². The number of esters is 2. The third-order valence-corrected chi connectivity index (χ3v) is 8.63. The fourth-order valence-corrected chi connectivity index (χ4v) is 6.21. The van der Waals surface area contributed by atoms with Crippen LogP contribution in [0.4, 0.5) is 0 Å². The van der Waals surface area contributed by atoms with Crippen molar-refractivity contribution < 1.29 is 32.6 Å². The first-order valence-electron chi connectivity index (χ1n) is 14.3. The van der Waals surface area contributed by atoms with E-state index in [4.69, 9.17) is 21.1 Å². The van der Waals surface area contributed by atoms with Crippen LogP contribution in [0.1, 0.15) is 63.0 Å². The highest BCUT2D eigenvalue weighted by Gasteiger charge is 2.33. The van der Waals surface area contributed by atoms with Crippen molar-refractivity contribution in [2.45, 2.75) is 81.5 Å². The molecule has 0 heterocycles. The Balaban J connectivity index is 1.81. The largest absolute Gasteiger partial charge is 0.463 e. The number of nitrogens with one attached hydrogen (secondary N) is 1. The number of ether oxygens (including phenoxy) is 2. The molecule has 0 fully saturated rings. The highest BCUT2D eigenvalue weighted by Crippen LogP contribution is 2.27. The summed E-state index contributed by atoms with van der Waals surface area (Å²) in [6, 6.07) is 16.7. The maximum absolute atomic E-state index is 13.6. The molecule has 3 aromatic rings. The van der Waals surface area contributed by atoms with Gasteiger partial charge in [0.2, 0.25) is 9.84 Å². The van der Waals surface area contributed by atoms with E-state index in [0.29, 0.717) is 22.6 Å². The zero-order valence-corrected chi connectivity index (χ0v) is 27.4. The molecule has 2 N–H and O–H groups in total. The van der Waals surface area contributed by atoms with Crippen molar-refractivity contribution in [3.8, 4) is 0 Å². The molecule has 0 bridgehead atoms. The number of hydrogen-bond acceptors (Lipinski definition) is 8. The van der Waals surface area contributed by atoms with Crippen LogP contribution in [0.2, 0.25) is 5.02 Å². The van der Waals surface area contributed by atoms with E-state index in [1.165, 1.54) is 30.4 Å². The molecule has 0 aliphatic carbocycles. The van der Waals surface area contributed by atoms with Gasteiger partial charge in [0, 0.05) is 17.1 Å². The van der Waals surface area contributed by atoms with Crippen molar-refractivity contribution in [3.05, 3.63) is 100 Å². The topological polar surface area (TPSA) is 119 Å². The van der Waals surface area contributed by atoms with E-state index >= 15 is 0 Å². The Kier molecular flexibility index (Phi) is 11.9. The normalized spacial score (nSPS) is 14.2. The second-order valence-corrected chi connectivity index (χ2v) is 13.9. The Hall–Kier alpha value is -3.50. The van der Waals surface area contributed by atoms with Gasteiger partial charge in [-0.15, -0.1) is 0 Å². The summed E-state index contributed by atoms with van der Waals surface area (Å²) in [6.07, 6.45) is 1.86. The minimum absolute atomic E-state index is 0.0710. The molecule has 236 valence electrons. The molecular weight excluding hydrogens is 602 g/mol. The minimum atomic E-state index is -3.91. The summed E-state index contributed by atoms with van der Waals surface area (Å²) in [4.78, 5) is 25.1. The number of sulfone groups is 1. The summed E-state index contributed by atoms with van der Waals surface area (Å²) in [6.45, 7) is 10.9. The standard InChI is InChI=1S/C34H40ClNO7S/c1-7-42-30(37)18-14-25-19-22(2)11-17-29(25)44(40,41)28-15-12-24(13-16-28)20-23(3)36-31(33(39)43-34(4,5)6)32(38)26-9-8-10-27(35)21-26/h8-19,21,23,31-32,36,38H,7,20H2,1-6H3/t23-,31?,32-/m1/s1. The molecule has 0 saturated carbocycles. The predicted molar refractivity (Wildman–Crippen MR) is 171 cm³/mol. The van der Waals surface area contributed by atoms with Crippen LogP contribution in [-0.2, 0) is 35.3 Å². The maximum Gasteiger partial charge on any atom is 0.330 e. The minimum Gasteiger partial charge on any atom is -0.463 e. The third-order valence-electron chi connectivity index (χ3n) is 6.55. The van der Waals surface area contributed by atoms with Crippen molar-refractivity contribution in [2.75, 3.05) is 6.61 Å². The summed E-state index contributed by atoms with van der Waals surface area (Å²) >= 11 is 6.12. The lowest BCUT2D eigenvalue weighted by Gasteiger charge is -2.30. The summed E-state index contributed by atoms with van der Waals surface area (Å²) in [5.74, 6) is -1.16. The number of benzene rings is 3. The van der Waals surface area contributed by atoms with Crippen LogP contribution in [0.25, 0.3) is 6.08 Å². The Morgan fingerprint density at radius 3 is 2.34 bits per heavy atom. The molecule has 0 spiro atoms. The van der Waals surface area contributed by atoms with Crippen molar-refractivity contribution in [3.63, 3.8) is 0 Å². The van der Waals surface area contributed by atoms with Gasteiger partial charge < -0.3 is 14.6 Å². The van der Waals surface area contributed by atoms with E-state index in [-0.39, 0.29) is 22.4 Å². The van der Waals surface area contributed by atoms with Crippen LogP contribution < -0.4 is 5.32 Å². The van der Waals surface area contributed by atoms with Gasteiger partial charge in [-0.2, -0.15) is 0 Å². The van der Waals surface area contributed by atoms with Gasteiger partial charge in [-0.05, 0) is 101 Å². The number of aryl methyl sites for hydroxylation is 1. The molecular formula is C34H40ClNO7S. The van der Waals surface area contributed by atoms with Gasteiger partial charge >= 0.3 is 11.9 Å². The van der Waals surface area contributed by atoms with Crippen LogP contribution in [0, 0.1) is 6.92 Å². The first-order valence-corrected chi connectivity index (χ1v) is 16.2. The Bertz CT molecular complexity index is 1590. The second-order valence-electron chi connectivity index (χ2n) is 11.6. The van der Waals surface area contributed by atoms with Gasteiger partial charge in [-0.25, -0.2) is 13.2 Å². The molecule has 0 aliphatic rings. The summed E-state index contributed by atoms with van der Waals surface area (Å²) in [5.41, 5.74) is 1.74. The van der Waals surface area contributed by atoms with E-state index in [9.17, 15) is 23.1 Å². The molecule has 0 radical (unpaired) electrons. The number of halogens is 1. The molecule has 1 unspecified atom stereocenters. The number of hydrogen-bond donors (Lipinski definition) is 2. The average Bonchev–Trinajstić information content (AvgIpc) is 2.94. The van der Waals surface area contributed by atoms with Gasteiger partial charge in [0.1, 0.15) is 17.7 Å². The lowest BCUT2D eigenvalue weighted by molar-refractivity contribution is -0.161. The predicted octanol–water partition coefficient (Wildman–Crippen LogP) is 6.02. The van der Waals surface area contributed by atoms with Crippen LogP contribution in [0.3, 0.4) is 0 Å². The van der Waals surface area contributed by atoms with E-state index in [1.54, 1.807) is 76.2 Å². The highest BCUT2D eigenvalue weighted by atomic mass is 35.5. The number of aliphatic hydroxyl groups is 1. The van der Waals surface area contributed by atoms with Crippen LogP contribution in [0.5, 0.6) is 0 Å². The van der Waals surface area contributed by atoms with Gasteiger partial charge in [0.05, 0.1) is 16.4 Å². The summed E-state index contributed by atoms with van der Waals surface area (Å²) < 4.78 is 37.7. The van der Waals surface area contributed by atoms with E-state index in [2.05, 4.69) is 5.32 Å². The van der Waals surface area contributed by atoms with E-state index in [0.717, 1.165) is 11.1 Å². The smallest absolute Gasteiger partial charge is 0.330 e. The zero-order chi connectivity index (χ0) is 32.7. The first kappa shape index (κ1) is 35.0. The molecule has 0 amide bonds. The molecule has 44 heavy (non-hydrogen) atoms. The molecule has 10 heteroatoms. The third kappa shape index (κ3) is 9.75. The van der Waals surface area contributed by atoms with Gasteiger partial charge in [0.15, 0.2) is 0 Å². The number of carbonyl (C=O) groups is 2. The quantitative estimate of drug-likeness (QED) is 0.182. The van der Waals surface area contributed by atoms with Crippen molar-refractivity contribution in [1.82, 2.24) is 5.32 Å². The highest BCUT2D eigenvalue weighted by molar-refractivity contribution is 7.91. The Labute approximate surface area is 265 Å². The van der Waals surface area contributed by atoms with Crippen LogP contribution in [0.15, 0.2) is 82.6 Å². The molecule has 8 nitrogen and oxygen atoms in total. The van der Waals surface area contributed by atoms with Gasteiger partial charge in [0.25, 0.3) is 0 Å².